The molecule has 1 aromatic heterocycles. The number of ether oxygens (including phenoxy) is 2. The predicted molar refractivity (Wildman–Crippen MR) is 96.6 cm³/mol. The summed E-state index contributed by atoms with van der Waals surface area (Å²) in [6, 6.07) is 3.55. The number of methoxy groups -OCH3 is 2. The first kappa shape index (κ1) is 17.3. The molecular weight excluding hydrogens is 346 g/mol. The molecule has 2 heterocycles. The maximum Gasteiger partial charge on any atom is 0.237 e. The van der Waals surface area contributed by atoms with Crippen LogP contribution in [0.3, 0.4) is 0 Å². The molecule has 0 unspecified atom stereocenters. The number of amides is 1. The summed E-state index contributed by atoms with van der Waals surface area (Å²) in [6.07, 6.45) is 0. The van der Waals surface area contributed by atoms with Crippen LogP contribution in [0, 0.1) is 0 Å². The van der Waals surface area contributed by atoms with Crippen molar-refractivity contribution >= 4 is 40.2 Å². The second kappa shape index (κ2) is 7.18. The Hall–Kier alpha value is -2.48. The van der Waals surface area contributed by atoms with E-state index in [4.69, 9.17) is 26.8 Å². The van der Waals surface area contributed by atoms with E-state index in [-0.39, 0.29) is 11.8 Å². The lowest BCUT2D eigenvalue weighted by Crippen LogP contribution is -2.49. The Kier molecular flexibility index (Phi) is 4.98. The summed E-state index contributed by atoms with van der Waals surface area (Å²) < 4.78 is 10.6. The van der Waals surface area contributed by atoms with Crippen LogP contribution in [0.25, 0.3) is 10.9 Å². The van der Waals surface area contributed by atoms with Crippen molar-refractivity contribution in [1.82, 2.24) is 14.9 Å². The second-order valence-corrected chi connectivity index (χ2v) is 5.90. The first-order valence-electron chi connectivity index (χ1n) is 7.85. The van der Waals surface area contributed by atoms with Gasteiger partial charge >= 0.3 is 0 Å². The molecule has 0 aliphatic carbocycles. The van der Waals surface area contributed by atoms with Crippen molar-refractivity contribution in [3.8, 4) is 11.5 Å². The van der Waals surface area contributed by atoms with Crippen LogP contribution in [0.4, 0.5) is 11.8 Å². The Bertz CT molecular complexity index is 793. The van der Waals surface area contributed by atoms with Gasteiger partial charge in [0, 0.05) is 37.6 Å². The third-order valence-corrected chi connectivity index (χ3v) is 4.48. The third kappa shape index (κ3) is 3.34. The van der Waals surface area contributed by atoms with Crippen molar-refractivity contribution in [3.05, 3.63) is 12.1 Å². The zero-order chi connectivity index (χ0) is 18.0. The lowest BCUT2D eigenvalue weighted by atomic mass is 10.2. The Balaban J connectivity index is 1.89. The zero-order valence-corrected chi connectivity index (χ0v) is 14.9. The van der Waals surface area contributed by atoms with Crippen LogP contribution in [0.1, 0.15) is 0 Å². The molecule has 1 aromatic carbocycles. The van der Waals surface area contributed by atoms with Gasteiger partial charge in [-0.1, -0.05) is 0 Å². The van der Waals surface area contributed by atoms with Crippen molar-refractivity contribution in [2.45, 2.75) is 0 Å². The number of aromatic nitrogens is 2. The highest BCUT2D eigenvalue weighted by Crippen LogP contribution is 2.34. The minimum absolute atomic E-state index is 0.00104. The molecule has 9 heteroatoms. The van der Waals surface area contributed by atoms with E-state index in [0.717, 1.165) is 0 Å². The molecule has 0 saturated carbocycles. The van der Waals surface area contributed by atoms with Gasteiger partial charge in [-0.15, -0.1) is 11.6 Å². The molecule has 3 rings (SSSR count). The number of hydrogen-bond donors (Lipinski definition) is 1. The number of halogens is 1. The second-order valence-electron chi connectivity index (χ2n) is 5.63. The summed E-state index contributed by atoms with van der Waals surface area (Å²) in [5, 5.41) is 0.706. The van der Waals surface area contributed by atoms with Gasteiger partial charge in [-0.2, -0.15) is 4.98 Å². The standard InChI is InChI=1S/C16H20ClN5O3/c1-24-12-7-10-11(8-13(12)25-2)19-16(20-15(10)18)22-5-3-21(4-6-22)14(23)9-17/h7-8H,3-6,9H2,1-2H3,(H2,18,19,20). The van der Waals surface area contributed by atoms with Crippen LogP contribution in [0.2, 0.25) is 0 Å². The van der Waals surface area contributed by atoms with E-state index in [9.17, 15) is 4.79 Å². The Labute approximate surface area is 150 Å². The molecular formula is C16H20ClN5O3. The number of piperazine rings is 1. The van der Waals surface area contributed by atoms with Crippen LogP contribution in [0.15, 0.2) is 12.1 Å². The number of nitrogens with two attached hydrogens (primary N) is 1. The largest absolute Gasteiger partial charge is 0.493 e. The van der Waals surface area contributed by atoms with Crippen LogP contribution in [-0.2, 0) is 4.79 Å². The molecule has 0 radical (unpaired) electrons. The van der Waals surface area contributed by atoms with Gasteiger partial charge in [0.1, 0.15) is 11.7 Å². The van der Waals surface area contributed by atoms with E-state index in [1.807, 2.05) is 4.90 Å². The summed E-state index contributed by atoms with van der Waals surface area (Å²) in [5.41, 5.74) is 6.80. The molecule has 1 fully saturated rings. The lowest BCUT2D eigenvalue weighted by molar-refractivity contribution is -0.128. The number of hydrogen-bond acceptors (Lipinski definition) is 7. The normalized spacial score (nSPS) is 14.7. The van der Waals surface area contributed by atoms with Crippen molar-refractivity contribution < 1.29 is 14.3 Å². The van der Waals surface area contributed by atoms with E-state index >= 15 is 0 Å². The monoisotopic (exact) mass is 365 g/mol. The molecule has 0 spiro atoms. The molecule has 25 heavy (non-hydrogen) atoms. The van der Waals surface area contributed by atoms with Crippen LogP contribution in [0.5, 0.6) is 11.5 Å². The van der Waals surface area contributed by atoms with Gasteiger partial charge in [0.05, 0.1) is 19.7 Å². The predicted octanol–water partition coefficient (Wildman–Crippen LogP) is 1.12. The molecule has 0 atom stereocenters. The average molecular weight is 366 g/mol. The Morgan fingerprint density at radius 3 is 2.40 bits per heavy atom. The zero-order valence-electron chi connectivity index (χ0n) is 14.2. The highest BCUT2D eigenvalue weighted by atomic mass is 35.5. The highest BCUT2D eigenvalue weighted by molar-refractivity contribution is 6.27. The van der Waals surface area contributed by atoms with Crippen molar-refractivity contribution in [2.75, 3.05) is 56.9 Å². The maximum absolute atomic E-state index is 11.7. The number of benzene rings is 1. The molecule has 0 bridgehead atoms. The molecule has 1 amide bonds. The molecule has 134 valence electrons. The summed E-state index contributed by atoms with van der Waals surface area (Å²) >= 11 is 5.61. The first-order chi connectivity index (χ1) is 12.1. The van der Waals surface area contributed by atoms with Gasteiger partial charge in [0.2, 0.25) is 11.9 Å². The van der Waals surface area contributed by atoms with Crippen molar-refractivity contribution in [2.24, 2.45) is 0 Å². The highest BCUT2D eigenvalue weighted by Gasteiger charge is 2.23. The van der Waals surface area contributed by atoms with Gasteiger partial charge in [-0.3, -0.25) is 4.79 Å². The minimum Gasteiger partial charge on any atom is -0.493 e. The maximum atomic E-state index is 11.7. The molecule has 2 N–H and O–H groups in total. The molecule has 1 aliphatic heterocycles. The van der Waals surface area contributed by atoms with Crippen LogP contribution in [-0.4, -0.2) is 67.1 Å². The minimum atomic E-state index is -0.0582. The lowest BCUT2D eigenvalue weighted by Gasteiger charge is -2.34. The number of fused-ring (bicyclic) bond motifs is 1. The Morgan fingerprint density at radius 1 is 1.16 bits per heavy atom. The molecule has 2 aromatic rings. The molecule has 8 nitrogen and oxygen atoms in total. The fraction of sp³-hybridized carbons (Fsp3) is 0.438. The fourth-order valence-electron chi connectivity index (χ4n) is 2.85. The average Bonchev–Trinajstić information content (AvgIpc) is 2.66. The summed E-state index contributed by atoms with van der Waals surface area (Å²) in [5.74, 6) is 2.01. The quantitative estimate of drug-likeness (QED) is 0.811. The Morgan fingerprint density at radius 2 is 1.80 bits per heavy atom. The summed E-state index contributed by atoms with van der Waals surface area (Å²) in [7, 11) is 3.14. The van der Waals surface area contributed by atoms with E-state index in [0.29, 0.717) is 60.3 Å². The summed E-state index contributed by atoms with van der Waals surface area (Å²) in [6.45, 7) is 2.42. The van der Waals surface area contributed by atoms with Crippen LogP contribution >= 0.6 is 11.6 Å². The van der Waals surface area contributed by atoms with E-state index in [1.54, 1.807) is 31.3 Å². The van der Waals surface area contributed by atoms with Gasteiger partial charge in [-0.05, 0) is 6.07 Å². The number of rotatable bonds is 4. The number of anilines is 2. The van der Waals surface area contributed by atoms with E-state index in [1.165, 1.54) is 0 Å². The van der Waals surface area contributed by atoms with Gasteiger partial charge in [-0.25, -0.2) is 4.98 Å². The van der Waals surface area contributed by atoms with E-state index in [2.05, 4.69) is 9.97 Å². The smallest absolute Gasteiger partial charge is 0.237 e. The van der Waals surface area contributed by atoms with Gasteiger partial charge in [0.25, 0.3) is 0 Å². The number of carbonyl (C=O) groups is 1. The van der Waals surface area contributed by atoms with Crippen LogP contribution < -0.4 is 20.1 Å². The topological polar surface area (TPSA) is 93.8 Å². The number of nitrogens with zero attached hydrogens (tertiary/aromatic N) is 4. The molecule has 1 aliphatic rings. The van der Waals surface area contributed by atoms with Crippen molar-refractivity contribution in [3.63, 3.8) is 0 Å². The summed E-state index contributed by atoms with van der Waals surface area (Å²) in [4.78, 5) is 24.4. The first-order valence-corrected chi connectivity index (χ1v) is 8.38. The number of nitrogen functional groups attached to an aromatic ring is 1. The third-order valence-electron chi connectivity index (χ3n) is 4.25. The van der Waals surface area contributed by atoms with E-state index < -0.39 is 0 Å². The number of carbonyl (C=O) groups excluding carboxylic acids is 1. The van der Waals surface area contributed by atoms with Crippen molar-refractivity contribution in [1.29, 1.82) is 0 Å². The van der Waals surface area contributed by atoms with Gasteiger partial charge in [0.15, 0.2) is 11.5 Å². The molecule has 1 saturated heterocycles. The fourth-order valence-corrected chi connectivity index (χ4v) is 3.02. The number of alkyl halides is 1. The van der Waals surface area contributed by atoms with Gasteiger partial charge < -0.3 is 25.0 Å². The SMILES string of the molecule is COc1cc2nc(N3CCN(C(=O)CCl)CC3)nc(N)c2cc1OC.